The van der Waals surface area contributed by atoms with E-state index in [0.29, 0.717) is 177 Å². The Morgan fingerprint density at radius 3 is 1.24 bits per heavy atom. The Hall–Kier alpha value is -10.6. The molecule has 1 aliphatic carbocycles. The van der Waals surface area contributed by atoms with Crippen molar-refractivity contribution >= 4 is 133 Å². The minimum atomic E-state index is -0.374. The van der Waals surface area contributed by atoms with Crippen LogP contribution in [0.4, 0.5) is 17.6 Å². The number of amides is 4. The van der Waals surface area contributed by atoms with Gasteiger partial charge in [-0.3, -0.25) is 19.2 Å². The zero-order chi connectivity index (χ0) is 88.5. The second-order valence-electron chi connectivity index (χ2n) is 32.4. The van der Waals surface area contributed by atoms with Crippen LogP contribution in [0.1, 0.15) is 191 Å². The lowest BCUT2D eigenvalue weighted by Gasteiger charge is -2.35. The summed E-state index contributed by atoms with van der Waals surface area (Å²) < 4.78 is 71.7. The standard InChI is InChI=1S/C24H23BrFN5O.C24H22BrFN4OS.C23H20BrClFN5O.C23H24BrFN4O/c1-3-17-13-21(24(32)30-11-5-10-29-9-4-6-22(29)15(30)2)27-23-14-20(28-31(17)23)18-8-7-16(25)12-19(18)26;1-4-16-11-21(24(31)29-8-7-22-18(14(29)3)9-13(2)32-22)27-23-12-20(28-30(16)23)17-6-5-15(25)10-19(17)26;1-3-15-11-19(23(32)29-8-9-30-20(13(29)2)6-7-21(30)25)27-22-12-18(28-31(15)22)16-5-4-14(24)10-17(16)26;1-3-16-10-21(23(30)28-12-14-5-4-6-17(14)13(28)2)26-22-11-20(27-29(16)22)18-8-7-15(24)9-19(18)25/h4,6-9,12-15H,3,5,10-11H2,1-2H3;5-6,9-12,14H,4,7-8H2,1-3H3;4-7,10-13H,3,8-9H2,1-2H3;7-11,13-14,17H,3-6,12H2,1-2H3/t;;;13-,14+,17-/m...1/s1. The number of hydrogen-bond acceptors (Lipinski definition) is 13. The van der Waals surface area contributed by atoms with Crippen molar-refractivity contribution in [1.82, 2.24) is 87.1 Å². The normalized spacial score (nSPS) is 17.8. The van der Waals surface area contributed by atoms with Crippen LogP contribution in [0.5, 0.6) is 0 Å². The van der Waals surface area contributed by atoms with Gasteiger partial charge in [-0.25, -0.2) is 55.6 Å². The van der Waals surface area contributed by atoms with E-state index in [-0.39, 0.29) is 71.1 Å². The van der Waals surface area contributed by atoms with Crippen LogP contribution in [0.15, 0.2) is 176 Å². The molecule has 0 spiro atoms. The Kier molecular flexibility index (Phi) is 25.2. The number of nitrogens with zero attached hydrogens (tertiary/aromatic N) is 18. The molecule has 4 aromatic carbocycles. The van der Waals surface area contributed by atoms with E-state index in [9.17, 15) is 36.7 Å². The number of carbonyl (C=O) groups is 4. The molecule has 22 nitrogen and oxygen atoms in total. The summed E-state index contributed by atoms with van der Waals surface area (Å²) in [6, 6.07) is 43.9. The van der Waals surface area contributed by atoms with Crippen LogP contribution in [-0.2, 0) is 45.2 Å². The van der Waals surface area contributed by atoms with Gasteiger partial charge in [0.05, 0.1) is 40.9 Å². The van der Waals surface area contributed by atoms with E-state index in [1.807, 2.05) is 100 Å². The lowest BCUT2D eigenvalue weighted by Crippen LogP contribution is -2.41. The van der Waals surface area contributed by atoms with Crippen LogP contribution in [0.3, 0.4) is 0 Å². The zero-order valence-corrected chi connectivity index (χ0v) is 78.5. The number of benzene rings is 4. The summed E-state index contributed by atoms with van der Waals surface area (Å²) in [4.78, 5) is 82.5. The Balaban J connectivity index is 0.000000119. The Morgan fingerprint density at radius 2 is 0.833 bits per heavy atom. The molecule has 15 heterocycles. The lowest BCUT2D eigenvalue weighted by atomic mass is 9.95. The highest BCUT2D eigenvalue weighted by molar-refractivity contribution is 9.11. The number of thiophene rings is 1. The fourth-order valence-corrected chi connectivity index (χ4v) is 21.0. The van der Waals surface area contributed by atoms with Crippen molar-refractivity contribution in [3.63, 3.8) is 0 Å². The maximum atomic E-state index is 14.5. The van der Waals surface area contributed by atoms with Gasteiger partial charge < -0.3 is 28.7 Å². The molecule has 0 N–H and O–H groups in total. The summed E-state index contributed by atoms with van der Waals surface area (Å²) in [7, 11) is 0. The number of halogens is 9. The SMILES string of the molecule is CCc1cc(C(=O)N2CCCn3cccc3C2C)nc2cc(-c3ccc(Br)cc3F)nn12.CCc1cc(C(=O)N2CCc3sc(C)cc3C2C)nc2cc(-c3ccc(Br)cc3F)nn12.CCc1cc(C(=O)N2CCn3c(Cl)ccc3C2C)nc2cc(-c3ccc(Br)cc3F)nn12.CCc1cc(C(=O)N2C[C@@H]3CCC[C@@H]3[C@H]2C)nc2cc(-c3ccc(Br)cc3F)nn12. The highest BCUT2D eigenvalue weighted by Crippen LogP contribution is 2.44. The average Bonchev–Trinajstić information content (AvgIpc) is 1.62. The van der Waals surface area contributed by atoms with Gasteiger partial charge in [0.1, 0.15) is 51.2 Å². The Morgan fingerprint density at radius 1 is 0.437 bits per heavy atom. The first-order valence-corrected chi connectivity index (χ1v) is 46.7. The monoisotopic (exact) mass is 1990 g/mol. The lowest BCUT2D eigenvalue weighted by molar-refractivity contribution is 0.0635. The summed E-state index contributed by atoms with van der Waals surface area (Å²) >= 11 is 21.2. The number of likely N-dealkylation sites (tertiary alicyclic amines) is 1. The predicted molar refractivity (Wildman–Crippen MR) is 493 cm³/mol. The quantitative estimate of drug-likeness (QED) is 0.105. The van der Waals surface area contributed by atoms with Crippen LogP contribution < -0.4 is 0 Å². The van der Waals surface area contributed by atoms with Crippen molar-refractivity contribution in [3.8, 4) is 45.0 Å². The number of aryl methyl sites for hydroxylation is 6. The maximum Gasteiger partial charge on any atom is 0.273 e. The molecule has 1 saturated heterocycles. The van der Waals surface area contributed by atoms with Gasteiger partial charge in [0.2, 0.25) is 0 Å². The largest absolute Gasteiger partial charge is 0.350 e. The van der Waals surface area contributed by atoms with Crippen molar-refractivity contribution in [2.75, 3.05) is 26.2 Å². The fourth-order valence-electron chi connectivity index (χ4n) is 18.3. The molecule has 32 heteroatoms. The number of carbonyl (C=O) groups excluding carboxylic acids is 4. The molecule has 11 aromatic heterocycles. The van der Waals surface area contributed by atoms with Crippen molar-refractivity contribution < 1.29 is 36.7 Å². The van der Waals surface area contributed by atoms with Crippen LogP contribution in [0.2, 0.25) is 5.15 Å². The summed E-state index contributed by atoms with van der Waals surface area (Å²) in [5, 5.41) is 19.0. The molecule has 4 aliphatic heterocycles. The molecule has 6 atom stereocenters. The first-order valence-electron chi connectivity index (χ1n) is 42.4. The second-order valence-corrected chi connectivity index (χ2v) is 37.8. The van der Waals surface area contributed by atoms with E-state index in [2.05, 4.69) is 155 Å². The van der Waals surface area contributed by atoms with Gasteiger partial charge >= 0.3 is 0 Å². The van der Waals surface area contributed by atoms with Gasteiger partial charge in [-0.1, -0.05) is 109 Å². The minimum absolute atomic E-state index is 0.00771. The van der Waals surface area contributed by atoms with Crippen molar-refractivity contribution in [2.24, 2.45) is 11.8 Å². The van der Waals surface area contributed by atoms with Gasteiger partial charge in [-0.2, -0.15) is 20.4 Å². The second kappa shape index (κ2) is 36.3. The maximum absolute atomic E-state index is 14.5. The van der Waals surface area contributed by atoms with Crippen LogP contribution in [0.25, 0.3) is 67.6 Å². The molecule has 648 valence electrons. The van der Waals surface area contributed by atoms with Gasteiger partial charge in [-0.05, 0) is 231 Å². The first kappa shape index (κ1) is 87.5. The predicted octanol–water partition coefficient (Wildman–Crippen LogP) is 21.9. The number of hydrogen-bond donors (Lipinski definition) is 0. The third-order valence-electron chi connectivity index (χ3n) is 24.9. The molecule has 2 fully saturated rings. The third kappa shape index (κ3) is 17.0. The van der Waals surface area contributed by atoms with Crippen LogP contribution in [0, 0.1) is 42.0 Å². The fraction of sp³-hybridized carbons (Fsp3) is 0.319. The number of aromatic nitrogens is 14. The molecular weight excluding hydrogens is 1910 g/mol. The van der Waals surface area contributed by atoms with E-state index in [1.54, 1.807) is 103 Å². The molecule has 0 bridgehead atoms. The van der Waals surface area contributed by atoms with Gasteiger partial charge in [0.15, 0.2) is 22.6 Å². The molecule has 20 rings (SSSR count). The molecule has 5 aliphatic rings. The van der Waals surface area contributed by atoms with E-state index < -0.39 is 0 Å². The van der Waals surface area contributed by atoms with Crippen LogP contribution >= 0.6 is 86.7 Å². The zero-order valence-electron chi connectivity index (χ0n) is 70.6. The van der Waals surface area contributed by atoms with Crippen LogP contribution in [-0.4, -0.2) is 143 Å². The average molecular weight is 2000 g/mol. The van der Waals surface area contributed by atoms with Gasteiger partial charge in [0, 0.05) is 160 Å². The Bertz CT molecular complexity index is 6640. The van der Waals surface area contributed by atoms with Crippen molar-refractivity contribution in [3.05, 3.63) is 276 Å². The molecule has 15 aromatic rings. The Labute approximate surface area is 767 Å². The summed E-state index contributed by atoms with van der Waals surface area (Å²) in [6.45, 7) is 22.7. The molecule has 0 radical (unpaired) electrons. The van der Waals surface area contributed by atoms with E-state index >= 15 is 0 Å². The van der Waals surface area contributed by atoms with Crippen molar-refractivity contribution in [2.45, 2.75) is 157 Å². The van der Waals surface area contributed by atoms with E-state index in [4.69, 9.17) is 11.6 Å². The van der Waals surface area contributed by atoms with Crippen molar-refractivity contribution in [1.29, 1.82) is 0 Å². The molecule has 1 saturated carbocycles. The smallest absolute Gasteiger partial charge is 0.273 e. The van der Waals surface area contributed by atoms with Gasteiger partial charge in [-0.15, -0.1) is 11.3 Å². The number of fused-ring (bicyclic) bond motifs is 8. The third-order valence-corrected chi connectivity index (χ3v) is 28.3. The molecule has 3 unspecified atom stereocenters. The highest BCUT2D eigenvalue weighted by Gasteiger charge is 2.45. The molecular formula is C94H89Br4ClF4N18O4S. The summed E-state index contributed by atoms with van der Waals surface area (Å²) in [5.74, 6) is -0.531. The first-order chi connectivity index (χ1) is 60.6. The topological polar surface area (TPSA) is 212 Å². The highest BCUT2D eigenvalue weighted by atomic mass is 79.9. The molecule has 4 amide bonds. The summed E-state index contributed by atoms with van der Waals surface area (Å²) in [5.41, 5.74) is 14.1. The number of rotatable bonds is 12. The van der Waals surface area contributed by atoms with E-state index in [1.165, 1.54) is 58.8 Å². The van der Waals surface area contributed by atoms with E-state index in [0.717, 1.165) is 60.1 Å². The van der Waals surface area contributed by atoms with Gasteiger partial charge in [0.25, 0.3) is 23.6 Å². The minimum Gasteiger partial charge on any atom is -0.350 e. The molecule has 126 heavy (non-hydrogen) atoms. The summed E-state index contributed by atoms with van der Waals surface area (Å²) in [6.07, 6.45) is 10.2.